The molecule has 3 rings (SSSR count). The summed E-state index contributed by atoms with van der Waals surface area (Å²) in [6, 6.07) is 0.789. The number of rotatable bonds is 3. The second-order valence-electron chi connectivity index (χ2n) is 6.32. The van der Waals surface area contributed by atoms with Crippen molar-refractivity contribution in [3.63, 3.8) is 0 Å². The van der Waals surface area contributed by atoms with Crippen LogP contribution in [0.25, 0.3) is 0 Å². The fourth-order valence-electron chi connectivity index (χ4n) is 3.85. The van der Waals surface area contributed by atoms with Gasteiger partial charge in [0.15, 0.2) is 0 Å². The van der Waals surface area contributed by atoms with Crippen molar-refractivity contribution in [2.24, 2.45) is 17.1 Å². The molecule has 2 saturated heterocycles. The van der Waals surface area contributed by atoms with E-state index in [1.807, 2.05) is 0 Å². The van der Waals surface area contributed by atoms with Gasteiger partial charge in [0.1, 0.15) is 0 Å². The summed E-state index contributed by atoms with van der Waals surface area (Å²) >= 11 is 0. The quantitative estimate of drug-likeness (QED) is 0.651. The molecule has 0 amide bonds. The molecule has 4 nitrogen and oxygen atoms in total. The van der Waals surface area contributed by atoms with Crippen LogP contribution in [0.15, 0.2) is 11.8 Å². The van der Waals surface area contributed by atoms with Crippen LogP contribution in [0.4, 0.5) is 0 Å². The molecule has 100 valence electrons. The zero-order valence-electron chi connectivity index (χ0n) is 11.0. The van der Waals surface area contributed by atoms with E-state index in [1.165, 1.54) is 58.1 Å². The van der Waals surface area contributed by atoms with Gasteiger partial charge in [0.05, 0.1) is 0 Å². The predicted octanol–water partition coefficient (Wildman–Crippen LogP) is 0.943. The molecule has 2 heterocycles. The van der Waals surface area contributed by atoms with Gasteiger partial charge < -0.3 is 16.5 Å². The van der Waals surface area contributed by atoms with Crippen LogP contribution in [0.1, 0.15) is 25.7 Å². The third kappa shape index (κ3) is 1.97. The number of nitrogens with zero attached hydrogens (tertiary/aromatic N) is 1. The van der Waals surface area contributed by atoms with Crippen LogP contribution in [-0.2, 0) is 0 Å². The minimum absolute atomic E-state index is 0.532. The monoisotopic (exact) mass is 248 g/mol. The van der Waals surface area contributed by atoms with Crippen molar-refractivity contribution in [1.82, 2.24) is 10.2 Å². The Morgan fingerprint density at radius 1 is 1.22 bits per heavy atom. The van der Waals surface area contributed by atoms with E-state index >= 15 is 0 Å². The molecule has 0 unspecified atom stereocenters. The molecule has 3 aliphatic rings. The van der Waals surface area contributed by atoms with Gasteiger partial charge in [0.2, 0.25) is 0 Å². The van der Waals surface area contributed by atoms with Gasteiger partial charge >= 0.3 is 0 Å². The molecule has 2 aliphatic heterocycles. The first-order chi connectivity index (χ1) is 8.76. The standard InChI is InChI=1S/C14H24N4/c15-5-12(6-16)11-1-3-13(4-2-11)18-9-14(10-18)7-17-8-14/h5-6,11,13,15,17H,1-4,7-10,16H2/b12-6+,15-5?. The van der Waals surface area contributed by atoms with E-state index in [0.29, 0.717) is 11.3 Å². The van der Waals surface area contributed by atoms with Crippen molar-refractivity contribution in [3.8, 4) is 0 Å². The van der Waals surface area contributed by atoms with Crippen molar-refractivity contribution >= 4 is 6.21 Å². The number of likely N-dealkylation sites (tertiary alicyclic amines) is 1. The van der Waals surface area contributed by atoms with Gasteiger partial charge in [-0.2, -0.15) is 0 Å². The summed E-state index contributed by atoms with van der Waals surface area (Å²) in [7, 11) is 0. The molecule has 18 heavy (non-hydrogen) atoms. The Bertz CT molecular complexity index is 343. The van der Waals surface area contributed by atoms with E-state index < -0.39 is 0 Å². The minimum Gasteiger partial charge on any atom is -0.404 e. The van der Waals surface area contributed by atoms with Crippen LogP contribution in [0, 0.1) is 16.7 Å². The summed E-state index contributed by atoms with van der Waals surface area (Å²) in [6.07, 6.45) is 8.01. The van der Waals surface area contributed by atoms with Gasteiger partial charge in [-0.1, -0.05) is 0 Å². The molecule has 0 bridgehead atoms. The van der Waals surface area contributed by atoms with Crippen molar-refractivity contribution in [3.05, 3.63) is 11.8 Å². The van der Waals surface area contributed by atoms with Crippen molar-refractivity contribution in [2.75, 3.05) is 26.2 Å². The summed E-state index contributed by atoms with van der Waals surface area (Å²) in [5.74, 6) is 0.532. The number of allylic oxidation sites excluding steroid dienone is 1. The summed E-state index contributed by atoms with van der Waals surface area (Å²) in [6.45, 7) is 5.07. The summed E-state index contributed by atoms with van der Waals surface area (Å²) in [4.78, 5) is 2.67. The lowest BCUT2D eigenvalue weighted by molar-refractivity contribution is -0.0737. The zero-order chi connectivity index (χ0) is 12.6. The highest BCUT2D eigenvalue weighted by Gasteiger charge is 2.49. The third-order valence-corrected chi connectivity index (χ3v) is 5.12. The first kappa shape index (κ1) is 12.2. The molecule has 0 aromatic heterocycles. The topological polar surface area (TPSA) is 65.1 Å². The second-order valence-corrected chi connectivity index (χ2v) is 6.32. The van der Waals surface area contributed by atoms with Gasteiger partial charge in [0.25, 0.3) is 0 Å². The van der Waals surface area contributed by atoms with Crippen LogP contribution in [-0.4, -0.2) is 43.3 Å². The normalized spacial score (nSPS) is 35.9. The highest BCUT2D eigenvalue weighted by molar-refractivity contribution is 5.76. The van der Waals surface area contributed by atoms with Crippen LogP contribution in [0.5, 0.6) is 0 Å². The molecule has 4 heteroatoms. The van der Waals surface area contributed by atoms with E-state index in [0.717, 1.165) is 11.6 Å². The molecular formula is C14H24N4. The van der Waals surface area contributed by atoms with Crippen molar-refractivity contribution < 1.29 is 0 Å². The van der Waals surface area contributed by atoms with E-state index in [9.17, 15) is 0 Å². The number of nitrogens with one attached hydrogen (secondary N) is 2. The fourth-order valence-corrected chi connectivity index (χ4v) is 3.85. The number of nitrogens with two attached hydrogens (primary N) is 1. The van der Waals surface area contributed by atoms with Crippen molar-refractivity contribution in [2.45, 2.75) is 31.7 Å². The third-order valence-electron chi connectivity index (χ3n) is 5.12. The van der Waals surface area contributed by atoms with Gasteiger partial charge in [-0.05, 0) is 43.4 Å². The predicted molar refractivity (Wildman–Crippen MR) is 73.7 cm³/mol. The first-order valence-electron chi connectivity index (χ1n) is 7.13. The Morgan fingerprint density at radius 3 is 2.33 bits per heavy atom. The molecule has 4 N–H and O–H groups in total. The van der Waals surface area contributed by atoms with Gasteiger partial charge in [-0.15, -0.1) is 0 Å². The zero-order valence-corrected chi connectivity index (χ0v) is 11.0. The average molecular weight is 248 g/mol. The van der Waals surface area contributed by atoms with E-state index in [1.54, 1.807) is 6.20 Å². The Hall–Kier alpha value is -0.870. The largest absolute Gasteiger partial charge is 0.404 e. The highest BCUT2D eigenvalue weighted by Crippen LogP contribution is 2.40. The molecule has 1 spiro atoms. The van der Waals surface area contributed by atoms with Crippen LogP contribution < -0.4 is 11.1 Å². The van der Waals surface area contributed by atoms with Gasteiger partial charge in [0, 0.05) is 43.9 Å². The lowest BCUT2D eigenvalue weighted by Gasteiger charge is -2.59. The number of hydrogen-bond donors (Lipinski definition) is 3. The maximum absolute atomic E-state index is 7.37. The Morgan fingerprint density at radius 2 is 1.89 bits per heavy atom. The van der Waals surface area contributed by atoms with Gasteiger partial charge in [-0.25, -0.2) is 0 Å². The van der Waals surface area contributed by atoms with Crippen molar-refractivity contribution in [1.29, 1.82) is 5.41 Å². The van der Waals surface area contributed by atoms with Gasteiger partial charge in [-0.3, -0.25) is 4.90 Å². The molecule has 0 radical (unpaired) electrons. The SMILES string of the molecule is N=C/C(=C\N)C1CCC(N2CC3(CNC3)C2)CC1. The molecule has 0 aromatic rings. The Kier molecular flexibility index (Phi) is 3.16. The molecular weight excluding hydrogens is 224 g/mol. The lowest BCUT2D eigenvalue weighted by atomic mass is 9.71. The second kappa shape index (κ2) is 4.67. The molecule has 0 atom stereocenters. The summed E-state index contributed by atoms with van der Waals surface area (Å²) in [5.41, 5.74) is 7.25. The van der Waals surface area contributed by atoms with E-state index in [-0.39, 0.29) is 0 Å². The van der Waals surface area contributed by atoms with E-state index in [4.69, 9.17) is 11.1 Å². The smallest absolute Gasteiger partial charge is 0.0227 e. The maximum Gasteiger partial charge on any atom is 0.0227 e. The minimum atomic E-state index is 0.532. The maximum atomic E-state index is 7.37. The van der Waals surface area contributed by atoms with Crippen LogP contribution >= 0.6 is 0 Å². The Balaban J connectivity index is 1.47. The fraction of sp³-hybridized carbons (Fsp3) is 0.786. The van der Waals surface area contributed by atoms with Crippen LogP contribution in [0.3, 0.4) is 0 Å². The summed E-state index contributed by atoms with van der Waals surface area (Å²) in [5, 5.41) is 10.8. The molecule has 3 fully saturated rings. The Labute approximate surface area is 109 Å². The first-order valence-corrected chi connectivity index (χ1v) is 7.13. The molecule has 1 aliphatic carbocycles. The highest BCUT2D eigenvalue weighted by atomic mass is 15.3. The summed E-state index contributed by atoms with van der Waals surface area (Å²) < 4.78 is 0. The number of hydrogen-bond acceptors (Lipinski definition) is 4. The average Bonchev–Trinajstić information content (AvgIpc) is 2.29. The lowest BCUT2D eigenvalue weighted by Crippen LogP contribution is -2.72. The van der Waals surface area contributed by atoms with Crippen LogP contribution in [0.2, 0.25) is 0 Å². The molecule has 1 saturated carbocycles. The molecule has 0 aromatic carbocycles. The van der Waals surface area contributed by atoms with E-state index in [2.05, 4.69) is 10.2 Å².